The largest absolute Gasteiger partial charge is 0.478 e. The summed E-state index contributed by atoms with van der Waals surface area (Å²) in [5.41, 5.74) is 13.8. The van der Waals surface area contributed by atoms with Gasteiger partial charge in [0.05, 0.1) is 11.1 Å². The molecular weight excluding hydrogens is 434 g/mol. The molecule has 1 spiro atoms. The number of fused-ring (bicyclic) bond motifs is 1. The van der Waals surface area contributed by atoms with E-state index in [0.29, 0.717) is 54.3 Å². The summed E-state index contributed by atoms with van der Waals surface area (Å²) in [7, 11) is 0. The number of likely N-dealkylation sites (tertiary alicyclic amines) is 1. The summed E-state index contributed by atoms with van der Waals surface area (Å²) in [6.45, 7) is 1.06. The first-order valence-corrected chi connectivity index (χ1v) is 11.2. The van der Waals surface area contributed by atoms with Gasteiger partial charge in [-0.2, -0.15) is 9.97 Å². The fourth-order valence-corrected chi connectivity index (χ4v) is 4.94. The van der Waals surface area contributed by atoms with E-state index in [1.165, 1.54) is 0 Å². The number of carbonyl (C=O) groups is 2. The van der Waals surface area contributed by atoms with Crippen molar-refractivity contribution in [2.24, 2.45) is 0 Å². The number of nitrogen functional groups attached to an aromatic ring is 2. The van der Waals surface area contributed by atoms with Gasteiger partial charge in [-0.25, -0.2) is 4.79 Å². The highest BCUT2D eigenvalue weighted by Gasteiger charge is 2.43. The molecule has 1 aromatic heterocycles. The van der Waals surface area contributed by atoms with Gasteiger partial charge in [-0.05, 0) is 36.1 Å². The number of nitrogens with zero attached hydrogens (tertiary/aromatic N) is 3. The zero-order valence-corrected chi connectivity index (χ0v) is 18.5. The van der Waals surface area contributed by atoms with Gasteiger partial charge >= 0.3 is 5.97 Å². The van der Waals surface area contributed by atoms with E-state index in [1.807, 2.05) is 11.0 Å². The summed E-state index contributed by atoms with van der Waals surface area (Å²) in [5.74, 6) is -0.317. The highest BCUT2D eigenvalue weighted by molar-refractivity contribution is 6.04. The standard InChI is InChI=1S/C25H25N5O4/c26-20-19-14-25(34-21(19)29-24(27)28-20)10-5-12-30(13-11-25)22(31)17-8-3-1-6-15(17)16-7-2-4-9-18(16)23(32)33/h1-4,6-9H,5,10-14H2,(H,32,33)(H4,26,27,28,29)/t25-/m1/s1. The quantitative estimate of drug-likeness (QED) is 0.542. The van der Waals surface area contributed by atoms with Crippen LogP contribution in [0.1, 0.15) is 45.5 Å². The van der Waals surface area contributed by atoms with E-state index in [0.717, 1.165) is 18.4 Å². The van der Waals surface area contributed by atoms with Crippen LogP contribution in [-0.2, 0) is 6.42 Å². The maximum absolute atomic E-state index is 13.6. The molecule has 0 radical (unpaired) electrons. The van der Waals surface area contributed by atoms with Gasteiger partial charge in [0.15, 0.2) is 0 Å². The fourth-order valence-electron chi connectivity index (χ4n) is 4.94. The van der Waals surface area contributed by atoms with Gasteiger partial charge in [0.2, 0.25) is 11.8 Å². The number of aromatic nitrogens is 2. The Morgan fingerprint density at radius 1 is 0.941 bits per heavy atom. The number of hydrogen-bond donors (Lipinski definition) is 3. The molecule has 2 aliphatic rings. The van der Waals surface area contributed by atoms with Crippen LogP contribution in [0.2, 0.25) is 0 Å². The number of ether oxygens (including phenoxy) is 1. The lowest BCUT2D eigenvalue weighted by Gasteiger charge is -2.27. The third-order valence-electron chi connectivity index (χ3n) is 6.62. The lowest BCUT2D eigenvalue weighted by Crippen LogP contribution is -2.37. The Balaban J connectivity index is 1.40. The molecule has 0 bridgehead atoms. The normalized spacial score (nSPS) is 19.4. The van der Waals surface area contributed by atoms with Crippen LogP contribution >= 0.6 is 0 Å². The molecular formula is C25H25N5O4. The summed E-state index contributed by atoms with van der Waals surface area (Å²) in [6, 6.07) is 13.9. The second-order valence-electron chi connectivity index (χ2n) is 8.75. The molecule has 0 aliphatic carbocycles. The predicted molar refractivity (Wildman–Crippen MR) is 127 cm³/mol. The molecule has 1 fully saturated rings. The van der Waals surface area contributed by atoms with Gasteiger partial charge < -0.3 is 26.2 Å². The number of aromatic carboxylic acids is 1. The molecule has 9 heteroatoms. The van der Waals surface area contributed by atoms with Crippen LogP contribution in [0, 0.1) is 0 Å². The average Bonchev–Trinajstić information content (AvgIpc) is 3.06. The van der Waals surface area contributed by atoms with Crippen LogP contribution < -0.4 is 16.2 Å². The second-order valence-corrected chi connectivity index (χ2v) is 8.75. The summed E-state index contributed by atoms with van der Waals surface area (Å²) < 4.78 is 6.23. The van der Waals surface area contributed by atoms with Gasteiger partial charge in [-0.1, -0.05) is 36.4 Å². The van der Waals surface area contributed by atoms with E-state index < -0.39 is 11.6 Å². The molecule has 2 aliphatic heterocycles. The Hall–Kier alpha value is -4.14. The van der Waals surface area contributed by atoms with E-state index in [4.69, 9.17) is 16.2 Å². The number of anilines is 2. The van der Waals surface area contributed by atoms with Gasteiger partial charge in [0.1, 0.15) is 11.4 Å². The first-order chi connectivity index (χ1) is 16.4. The average molecular weight is 460 g/mol. The molecule has 1 saturated heterocycles. The molecule has 0 unspecified atom stereocenters. The van der Waals surface area contributed by atoms with Crippen molar-refractivity contribution < 1.29 is 19.4 Å². The smallest absolute Gasteiger partial charge is 0.336 e. The summed E-state index contributed by atoms with van der Waals surface area (Å²) in [4.78, 5) is 35.5. The van der Waals surface area contributed by atoms with Gasteiger partial charge in [0, 0.05) is 31.5 Å². The molecule has 3 aromatic rings. The highest BCUT2D eigenvalue weighted by Crippen LogP contribution is 2.42. The third kappa shape index (κ3) is 3.79. The van der Waals surface area contributed by atoms with Crippen molar-refractivity contribution in [3.05, 3.63) is 65.2 Å². The molecule has 3 heterocycles. The first kappa shape index (κ1) is 21.7. The Morgan fingerprint density at radius 3 is 2.35 bits per heavy atom. The van der Waals surface area contributed by atoms with Crippen LogP contribution in [-0.4, -0.2) is 50.5 Å². The topological polar surface area (TPSA) is 145 Å². The Bertz CT molecular complexity index is 1290. The van der Waals surface area contributed by atoms with Crippen LogP contribution in [0.25, 0.3) is 11.1 Å². The van der Waals surface area contributed by atoms with Crippen molar-refractivity contribution in [2.45, 2.75) is 31.3 Å². The van der Waals surface area contributed by atoms with Gasteiger partial charge in [-0.3, -0.25) is 4.79 Å². The summed E-state index contributed by atoms with van der Waals surface area (Å²) in [6.07, 6.45) is 2.69. The molecule has 174 valence electrons. The number of amides is 1. The monoisotopic (exact) mass is 459 g/mol. The fraction of sp³-hybridized carbons (Fsp3) is 0.280. The maximum atomic E-state index is 13.6. The van der Waals surface area contributed by atoms with Gasteiger partial charge in [0.25, 0.3) is 5.91 Å². The molecule has 34 heavy (non-hydrogen) atoms. The third-order valence-corrected chi connectivity index (χ3v) is 6.62. The van der Waals surface area contributed by atoms with E-state index in [-0.39, 0.29) is 17.4 Å². The van der Waals surface area contributed by atoms with Crippen molar-refractivity contribution in [3.8, 4) is 17.0 Å². The van der Waals surface area contributed by atoms with E-state index >= 15 is 0 Å². The lowest BCUT2D eigenvalue weighted by atomic mass is 9.90. The molecule has 1 atom stereocenters. The van der Waals surface area contributed by atoms with Crippen molar-refractivity contribution >= 4 is 23.6 Å². The molecule has 9 nitrogen and oxygen atoms in total. The Kier molecular flexibility index (Phi) is 5.31. The van der Waals surface area contributed by atoms with Crippen molar-refractivity contribution in [1.82, 2.24) is 14.9 Å². The molecule has 5 N–H and O–H groups in total. The Morgan fingerprint density at radius 2 is 1.62 bits per heavy atom. The first-order valence-electron chi connectivity index (χ1n) is 11.2. The minimum absolute atomic E-state index is 0.0805. The molecule has 0 saturated carbocycles. The number of nitrogens with two attached hydrogens (primary N) is 2. The van der Waals surface area contributed by atoms with Gasteiger partial charge in [-0.15, -0.1) is 0 Å². The van der Waals surface area contributed by atoms with E-state index in [1.54, 1.807) is 42.5 Å². The van der Waals surface area contributed by atoms with Crippen LogP contribution in [0.4, 0.5) is 11.8 Å². The van der Waals surface area contributed by atoms with E-state index in [9.17, 15) is 14.7 Å². The number of carboxylic acids is 1. The van der Waals surface area contributed by atoms with Crippen molar-refractivity contribution in [2.75, 3.05) is 24.6 Å². The number of hydrogen-bond acceptors (Lipinski definition) is 7. The van der Waals surface area contributed by atoms with Crippen LogP contribution in [0.5, 0.6) is 5.88 Å². The summed E-state index contributed by atoms with van der Waals surface area (Å²) in [5, 5.41) is 9.64. The second kappa shape index (κ2) is 8.33. The minimum Gasteiger partial charge on any atom is -0.478 e. The number of carboxylic acid groups (broad SMARTS) is 1. The van der Waals surface area contributed by atoms with Crippen molar-refractivity contribution in [1.29, 1.82) is 0 Å². The Labute approximate surface area is 196 Å². The zero-order valence-electron chi connectivity index (χ0n) is 18.5. The number of carbonyl (C=O) groups excluding carboxylic acids is 1. The van der Waals surface area contributed by atoms with E-state index in [2.05, 4.69) is 9.97 Å². The maximum Gasteiger partial charge on any atom is 0.336 e. The molecule has 2 aromatic carbocycles. The minimum atomic E-state index is -1.03. The highest BCUT2D eigenvalue weighted by atomic mass is 16.5. The van der Waals surface area contributed by atoms with Crippen LogP contribution in [0.15, 0.2) is 48.5 Å². The zero-order chi connectivity index (χ0) is 23.9. The predicted octanol–water partition coefficient (Wildman–Crippen LogP) is 3.01. The molecule has 1 amide bonds. The summed E-state index contributed by atoms with van der Waals surface area (Å²) >= 11 is 0. The number of rotatable bonds is 3. The molecule has 5 rings (SSSR count). The van der Waals surface area contributed by atoms with Crippen molar-refractivity contribution in [3.63, 3.8) is 0 Å². The lowest BCUT2D eigenvalue weighted by molar-refractivity contribution is 0.0656. The van der Waals surface area contributed by atoms with Crippen LogP contribution in [0.3, 0.4) is 0 Å². The SMILES string of the molecule is Nc1nc(N)c2c(n1)O[C@@]1(CCCN(C(=O)c3ccccc3-c3ccccc3C(=O)O)CC1)C2. The number of benzene rings is 2.